The molecule has 3 amide bonds. The van der Waals surface area contributed by atoms with E-state index in [0.29, 0.717) is 23.6 Å². The van der Waals surface area contributed by atoms with Gasteiger partial charge in [0.2, 0.25) is 5.91 Å². The van der Waals surface area contributed by atoms with Crippen molar-refractivity contribution >= 4 is 23.4 Å². The molecule has 1 atom stereocenters. The zero-order valence-electron chi connectivity index (χ0n) is 22.1. The lowest BCUT2D eigenvalue weighted by molar-refractivity contribution is -0.130. The highest BCUT2D eigenvalue weighted by Gasteiger charge is 2.22. The van der Waals surface area contributed by atoms with Crippen molar-refractivity contribution in [3.05, 3.63) is 101 Å². The topological polar surface area (TPSA) is 137 Å². The normalized spacial score (nSPS) is 14.0. The smallest absolute Gasteiger partial charge is 0.267 e. The fraction of sp³-hybridized carbons (Fsp3) is 0.281. The van der Waals surface area contributed by atoms with Crippen molar-refractivity contribution in [1.82, 2.24) is 15.7 Å². The molecule has 9 nitrogen and oxygen atoms in total. The summed E-state index contributed by atoms with van der Waals surface area (Å²) in [7, 11) is 0. The van der Waals surface area contributed by atoms with Crippen LogP contribution in [0.1, 0.15) is 53.2 Å². The number of anilines is 1. The van der Waals surface area contributed by atoms with Crippen molar-refractivity contribution < 1.29 is 19.6 Å². The van der Waals surface area contributed by atoms with E-state index in [-0.39, 0.29) is 19.9 Å². The second kappa shape index (κ2) is 15.3. The number of nitrogens with one attached hydrogen (secondary N) is 3. The highest BCUT2D eigenvalue weighted by molar-refractivity contribution is 5.97. The van der Waals surface area contributed by atoms with Gasteiger partial charge in [0.1, 0.15) is 6.04 Å². The number of carbonyl (C=O) groups is 3. The van der Waals surface area contributed by atoms with Crippen LogP contribution in [0.15, 0.2) is 78.9 Å². The SMILES string of the molecule is C.NC[C@H](NC(=O)c1ccc(C#Cc2ccc(NC(=O)CN3CCC(c4ccccc4)CC3)cc2)cc1)C(=O)NO. The van der Waals surface area contributed by atoms with Gasteiger partial charge in [0.05, 0.1) is 6.54 Å². The summed E-state index contributed by atoms with van der Waals surface area (Å²) in [6.07, 6.45) is 2.11. The average Bonchev–Trinajstić information content (AvgIpc) is 3.00. The molecule has 0 saturated carbocycles. The molecule has 0 radical (unpaired) electrons. The Balaban J connectivity index is 0.00000462. The molecule has 6 N–H and O–H groups in total. The van der Waals surface area contributed by atoms with Crippen LogP contribution >= 0.6 is 0 Å². The number of benzene rings is 3. The van der Waals surface area contributed by atoms with Crippen LogP contribution in [0, 0.1) is 11.8 Å². The lowest BCUT2D eigenvalue weighted by atomic mass is 9.89. The maximum Gasteiger partial charge on any atom is 0.267 e. The van der Waals surface area contributed by atoms with E-state index in [1.54, 1.807) is 24.3 Å². The summed E-state index contributed by atoms with van der Waals surface area (Å²) in [6.45, 7) is 2.03. The second-order valence-electron chi connectivity index (χ2n) is 9.65. The monoisotopic (exact) mass is 555 g/mol. The minimum Gasteiger partial charge on any atom is -0.339 e. The third-order valence-corrected chi connectivity index (χ3v) is 6.86. The van der Waals surface area contributed by atoms with Gasteiger partial charge in [-0.25, -0.2) is 5.48 Å². The number of hydroxylamine groups is 1. The van der Waals surface area contributed by atoms with E-state index >= 15 is 0 Å². The Labute approximate surface area is 241 Å². The number of hydrogen-bond donors (Lipinski definition) is 5. The maximum absolute atomic E-state index is 12.6. The number of nitrogens with two attached hydrogens (primary N) is 1. The summed E-state index contributed by atoms with van der Waals surface area (Å²) in [5.41, 5.74) is 10.8. The molecule has 214 valence electrons. The molecule has 1 fully saturated rings. The predicted molar refractivity (Wildman–Crippen MR) is 159 cm³/mol. The highest BCUT2D eigenvalue weighted by Crippen LogP contribution is 2.27. The van der Waals surface area contributed by atoms with Gasteiger partial charge in [-0.2, -0.15) is 0 Å². The zero-order valence-corrected chi connectivity index (χ0v) is 22.1. The van der Waals surface area contributed by atoms with Gasteiger partial charge in [0.15, 0.2) is 0 Å². The molecule has 0 bridgehead atoms. The molecule has 0 unspecified atom stereocenters. The largest absolute Gasteiger partial charge is 0.339 e. The molecular formula is C32H37N5O4. The van der Waals surface area contributed by atoms with Gasteiger partial charge in [-0.3, -0.25) is 24.5 Å². The zero-order chi connectivity index (χ0) is 28.3. The van der Waals surface area contributed by atoms with E-state index in [4.69, 9.17) is 10.9 Å². The molecule has 3 aromatic carbocycles. The van der Waals surface area contributed by atoms with E-state index < -0.39 is 17.9 Å². The van der Waals surface area contributed by atoms with Gasteiger partial charge in [-0.1, -0.05) is 49.6 Å². The number of amides is 3. The summed E-state index contributed by atoms with van der Waals surface area (Å²) in [6, 6.07) is 23.4. The number of likely N-dealkylation sites (tertiary alicyclic amines) is 1. The first kappa shape index (κ1) is 31.0. The van der Waals surface area contributed by atoms with Gasteiger partial charge in [-0.15, -0.1) is 0 Å². The Morgan fingerprint density at radius 3 is 2.05 bits per heavy atom. The molecule has 1 saturated heterocycles. The molecule has 0 aliphatic carbocycles. The Kier molecular flexibility index (Phi) is 11.6. The molecule has 1 aliphatic heterocycles. The van der Waals surface area contributed by atoms with Crippen LogP contribution in [0.4, 0.5) is 5.69 Å². The van der Waals surface area contributed by atoms with E-state index in [9.17, 15) is 14.4 Å². The van der Waals surface area contributed by atoms with Crippen molar-refractivity contribution in [3.8, 4) is 11.8 Å². The van der Waals surface area contributed by atoms with Gasteiger partial charge >= 0.3 is 0 Å². The summed E-state index contributed by atoms with van der Waals surface area (Å²) in [5, 5.41) is 14.1. The third kappa shape index (κ3) is 9.01. The van der Waals surface area contributed by atoms with Crippen molar-refractivity contribution in [3.63, 3.8) is 0 Å². The molecule has 4 rings (SSSR count). The summed E-state index contributed by atoms with van der Waals surface area (Å²) in [5.74, 6) is 5.36. The van der Waals surface area contributed by atoms with Crippen LogP contribution in [0.3, 0.4) is 0 Å². The number of hydrogen-bond acceptors (Lipinski definition) is 6. The Hall–Kier alpha value is -4.49. The van der Waals surface area contributed by atoms with Crippen molar-refractivity contribution in [2.45, 2.75) is 32.2 Å². The standard InChI is InChI=1S/C31H33N5O4.CH4/c32-20-28(31(39)35-40)34-30(38)26-12-8-22(9-13-26)6-7-23-10-14-27(15-11-23)33-29(37)21-36-18-16-25(17-19-36)24-4-2-1-3-5-24;/h1-5,8-15,25,28,40H,16-21,32H2,(H,33,37)(H,34,38)(H,35,39);1H4/t28-;/m0./s1. The van der Waals surface area contributed by atoms with E-state index in [0.717, 1.165) is 37.2 Å². The van der Waals surface area contributed by atoms with Gasteiger partial charge in [0, 0.05) is 28.9 Å². The first-order chi connectivity index (χ1) is 19.4. The minimum absolute atomic E-state index is 0. The molecular weight excluding hydrogens is 518 g/mol. The number of carbonyl (C=O) groups excluding carboxylic acids is 3. The Morgan fingerprint density at radius 1 is 0.902 bits per heavy atom. The predicted octanol–water partition coefficient (Wildman–Crippen LogP) is 3.10. The van der Waals surface area contributed by atoms with Crippen molar-refractivity contribution in [2.75, 3.05) is 31.5 Å². The lowest BCUT2D eigenvalue weighted by Crippen LogP contribution is -2.50. The summed E-state index contributed by atoms with van der Waals surface area (Å²) in [4.78, 5) is 38.6. The fourth-order valence-electron chi connectivity index (χ4n) is 4.59. The molecule has 1 aliphatic rings. The Morgan fingerprint density at radius 2 is 1.49 bits per heavy atom. The van der Waals surface area contributed by atoms with Crippen LogP contribution < -0.4 is 21.8 Å². The van der Waals surface area contributed by atoms with E-state index in [2.05, 4.69) is 51.6 Å². The molecule has 0 aromatic heterocycles. The average molecular weight is 556 g/mol. The van der Waals surface area contributed by atoms with Crippen LogP contribution in [0.5, 0.6) is 0 Å². The van der Waals surface area contributed by atoms with Gasteiger partial charge in [-0.05, 0) is 85.9 Å². The Bertz CT molecular complexity index is 1360. The number of rotatable bonds is 8. The first-order valence-electron chi connectivity index (χ1n) is 13.2. The molecule has 1 heterocycles. The molecule has 0 spiro atoms. The van der Waals surface area contributed by atoms with Crippen molar-refractivity contribution in [2.24, 2.45) is 5.73 Å². The van der Waals surface area contributed by atoms with Crippen LogP contribution in [0.2, 0.25) is 0 Å². The molecule has 41 heavy (non-hydrogen) atoms. The second-order valence-corrected chi connectivity index (χ2v) is 9.65. The van der Waals surface area contributed by atoms with Gasteiger partial charge in [0.25, 0.3) is 11.8 Å². The molecule has 3 aromatic rings. The van der Waals surface area contributed by atoms with Crippen molar-refractivity contribution in [1.29, 1.82) is 0 Å². The van der Waals surface area contributed by atoms with Crippen LogP contribution in [-0.2, 0) is 9.59 Å². The number of piperidine rings is 1. The lowest BCUT2D eigenvalue weighted by Gasteiger charge is -2.31. The maximum atomic E-state index is 12.6. The fourth-order valence-corrected chi connectivity index (χ4v) is 4.59. The minimum atomic E-state index is -1.04. The van der Waals surface area contributed by atoms with Gasteiger partial charge < -0.3 is 16.4 Å². The molecule has 9 heteroatoms. The van der Waals surface area contributed by atoms with E-state index in [1.807, 2.05) is 30.3 Å². The quantitative estimate of drug-likeness (QED) is 0.165. The van der Waals surface area contributed by atoms with E-state index in [1.165, 1.54) is 11.0 Å². The summed E-state index contributed by atoms with van der Waals surface area (Å²) < 4.78 is 0. The summed E-state index contributed by atoms with van der Waals surface area (Å²) >= 11 is 0. The number of nitrogens with zero attached hydrogens (tertiary/aromatic N) is 1. The van der Waals surface area contributed by atoms with Crippen LogP contribution in [0.25, 0.3) is 0 Å². The highest BCUT2D eigenvalue weighted by atomic mass is 16.5. The third-order valence-electron chi connectivity index (χ3n) is 6.86. The first-order valence-corrected chi connectivity index (χ1v) is 13.2. The van der Waals surface area contributed by atoms with Crippen LogP contribution in [-0.4, -0.2) is 60.0 Å².